The highest BCUT2D eigenvalue weighted by Crippen LogP contribution is 2.25. The fourth-order valence-corrected chi connectivity index (χ4v) is 1.59. The summed E-state index contributed by atoms with van der Waals surface area (Å²) in [6, 6.07) is 7.77. The zero-order valence-corrected chi connectivity index (χ0v) is 10.7. The van der Waals surface area contributed by atoms with E-state index in [0.29, 0.717) is 6.41 Å². The van der Waals surface area contributed by atoms with Gasteiger partial charge in [0.15, 0.2) is 0 Å². The van der Waals surface area contributed by atoms with Crippen LogP contribution in [0.5, 0.6) is 0 Å². The summed E-state index contributed by atoms with van der Waals surface area (Å²) in [5, 5.41) is 11.9. The molecular weight excluding hydrogens is 216 g/mol. The average molecular weight is 236 g/mol. The number of carbonyl (C=O) groups excluding carboxylic acids is 1. The maximum absolute atomic E-state index is 10.6. The van der Waals surface area contributed by atoms with Gasteiger partial charge in [0.25, 0.3) is 0 Å². The van der Waals surface area contributed by atoms with E-state index >= 15 is 0 Å². The molecular formula is C13H20N2O2. The standard InChI is InChI=1S/C13H20N2O2/c1-12(2,14-9-16)10-6-5-7-11(8-10)13(3,4)15-17/h5-9,15,17H,1-4H3,(H,14,16). The van der Waals surface area contributed by atoms with Crippen LogP contribution in [-0.4, -0.2) is 11.6 Å². The highest BCUT2D eigenvalue weighted by Gasteiger charge is 2.23. The Bertz CT molecular complexity index is 400. The number of hydroxylamine groups is 1. The third kappa shape index (κ3) is 3.05. The van der Waals surface area contributed by atoms with Gasteiger partial charge in [0.05, 0.1) is 11.1 Å². The van der Waals surface area contributed by atoms with Crippen LogP contribution in [0.4, 0.5) is 0 Å². The quantitative estimate of drug-likeness (QED) is 0.540. The van der Waals surface area contributed by atoms with Crippen LogP contribution in [0.3, 0.4) is 0 Å². The summed E-state index contributed by atoms with van der Waals surface area (Å²) in [5.41, 5.74) is 3.28. The van der Waals surface area contributed by atoms with E-state index in [1.165, 1.54) is 0 Å². The van der Waals surface area contributed by atoms with E-state index in [9.17, 15) is 4.79 Å². The maximum atomic E-state index is 10.6. The van der Waals surface area contributed by atoms with Gasteiger partial charge >= 0.3 is 0 Å². The summed E-state index contributed by atoms with van der Waals surface area (Å²) < 4.78 is 0. The molecule has 0 unspecified atom stereocenters. The lowest BCUT2D eigenvalue weighted by Crippen LogP contribution is -2.37. The van der Waals surface area contributed by atoms with Crippen LogP contribution in [0.15, 0.2) is 24.3 Å². The molecule has 17 heavy (non-hydrogen) atoms. The van der Waals surface area contributed by atoms with Crippen LogP contribution in [0, 0.1) is 0 Å². The molecule has 0 atom stereocenters. The Morgan fingerprint density at radius 3 is 2.12 bits per heavy atom. The fourth-order valence-electron chi connectivity index (χ4n) is 1.59. The Morgan fingerprint density at radius 2 is 1.65 bits per heavy atom. The van der Waals surface area contributed by atoms with E-state index in [0.717, 1.165) is 11.1 Å². The van der Waals surface area contributed by atoms with Gasteiger partial charge in [-0.1, -0.05) is 24.3 Å². The van der Waals surface area contributed by atoms with E-state index in [4.69, 9.17) is 5.21 Å². The molecule has 0 aliphatic heterocycles. The monoisotopic (exact) mass is 236 g/mol. The van der Waals surface area contributed by atoms with Crippen molar-refractivity contribution in [2.24, 2.45) is 0 Å². The van der Waals surface area contributed by atoms with E-state index in [1.807, 2.05) is 52.0 Å². The molecule has 1 amide bonds. The normalized spacial score (nSPS) is 12.3. The predicted octanol–water partition coefficient (Wildman–Crippen LogP) is 1.88. The molecule has 0 radical (unpaired) electrons. The maximum Gasteiger partial charge on any atom is 0.207 e. The van der Waals surface area contributed by atoms with Crippen LogP contribution in [0.2, 0.25) is 0 Å². The van der Waals surface area contributed by atoms with Crippen molar-refractivity contribution >= 4 is 6.41 Å². The second kappa shape index (κ2) is 4.85. The van der Waals surface area contributed by atoms with Crippen LogP contribution in [-0.2, 0) is 15.9 Å². The number of hydrogen-bond acceptors (Lipinski definition) is 3. The molecule has 0 aliphatic rings. The number of rotatable bonds is 5. The minimum absolute atomic E-state index is 0.427. The molecule has 4 nitrogen and oxygen atoms in total. The Balaban J connectivity index is 3.13. The Morgan fingerprint density at radius 1 is 1.12 bits per heavy atom. The zero-order valence-electron chi connectivity index (χ0n) is 10.7. The predicted molar refractivity (Wildman–Crippen MR) is 66.6 cm³/mol. The summed E-state index contributed by atoms with van der Waals surface area (Å²) in [5.74, 6) is 0. The van der Waals surface area contributed by atoms with Crippen LogP contribution < -0.4 is 10.8 Å². The van der Waals surface area contributed by atoms with E-state index in [2.05, 4.69) is 10.8 Å². The van der Waals surface area contributed by atoms with Gasteiger partial charge < -0.3 is 10.5 Å². The Hall–Kier alpha value is -1.39. The lowest BCUT2D eigenvalue weighted by Gasteiger charge is -2.28. The number of amides is 1. The van der Waals surface area contributed by atoms with Gasteiger partial charge in [0.1, 0.15) is 0 Å². The van der Waals surface area contributed by atoms with Crippen molar-refractivity contribution in [3.8, 4) is 0 Å². The Labute approximate surface area is 102 Å². The second-order valence-corrected chi connectivity index (χ2v) is 5.20. The molecule has 4 heteroatoms. The second-order valence-electron chi connectivity index (χ2n) is 5.20. The van der Waals surface area contributed by atoms with Crippen molar-refractivity contribution in [2.45, 2.75) is 38.8 Å². The number of benzene rings is 1. The molecule has 3 N–H and O–H groups in total. The molecule has 0 heterocycles. The molecule has 0 spiro atoms. The minimum Gasteiger partial charge on any atom is -0.350 e. The summed E-state index contributed by atoms with van der Waals surface area (Å²) in [4.78, 5) is 10.6. The SMILES string of the molecule is CC(C)(NO)c1cccc(C(C)(C)NC=O)c1. The van der Waals surface area contributed by atoms with Crippen molar-refractivity contribution < 1.29 is 10.0 Å². The third-order valence-electron chi connectivity index (χ3n) is 3.01. The molecule has 0 aromatic heterocycles. The topological polar surface area (TPSA) is 61.4 Å². The van der Waals surface area contributed by atoms with E-state index < -0.39 is 11.1 Å². The lowest BCUT2D eigenvalue weighted by molar-refractivity contribution is -0.111. The Kier molecular flexibility index (Phi) is 3.91. The van der Waals surface area contributed by atoms with Gasteiger partial charge in [0.2, 0.25) is 6.41 Å². The van der Waals surface area contributed by atoms with Crippen molar-refractivity contribution in [1.82, 2.24) is 10.8 Å². The molecule has 1 rings (SSSR count). The average Bonchev–Trinajstić information content (AvgIpc) is 2.29. The highest BCUT2D eigenvalue weighted by atomic mass is 16.5. The summed E-state index contributed by atoms with van der Waals surface area (Å²) in [6.07, 6.45) is 0.697. The largest absolute Gasteiger partial charge is 0.350 e. The summed E-state index contributed by atoms with van der Waals surface area (Å²) >= 11 is 0. The van der Waals surface area contributed by atoms with Crippen LogP contribution in [0.1, 0.15) is 38.8 Å². The zero-order chi connectivity index (χ0) is 13.1. The molecule has 0 fully saturated rings. The van der Waals surface area contributed by atoms with Gasteiger partial charge in [-0.3, -0.25) is 4.79 Å². The first-order valence-corrected chi connectivity index (χ1v) is 5.57. The first-order valence-electron chi connectivity index (χ1n) is 5.57. The molecule has 0 bridgehead atoms. The van der Waals surface area contributed by atoms with E-state index in [-0.39, 0.29) is 0 Å². The third-order valence-corrected chi connectivity index (χ3v) is 3.01. The van der Waals surface area contributed by atoms with Gasteiger partial charge in [0, 0.05) is 0 Å². The van der Waals surface area contributed by atoms with Crippen molar-refractivity contribution in [2.75, 3.05) is 0 Å². The molecule has 0 saturated heterocycles. The van der Waals surface area contributed by atoms with Crippen molar-refractivity contribution in [3.63, 3.8) is 0 Å². The number of hydrogen-bond donors (Lipinski definition) is 3. The van der Waals surface area contributed by atoms with Crippen LogP contribution in [0.25, 0.3) is 0 Å². The van der Waals surface area contributed by atoms with E-state index in [1.54, 1.807) is 0 Å². The minimum atomic E-state index is -0.521. The lowest BCUT2D eigenvalue weighted by atomic mass is 9.88. The molecule has 94 valence electrons. The van der Waals surface area contributed by atoms with Gasteiger partial charge in [-0.25, -0.2) is 0 Å². The molecule has 1 aromatic rings. The van der Waals surface area contributed by atoms with Crippen molar-refractivity contribution in [1.29, 1.82) is 0 Å². The number of nitrogens with one attached hydrogen (secondary N) is 2. The summed E-state index contributed by atoms with van der Waals surface area (Å²) in [6.45, 7) is 7.62. The van der Waals surface area contributed by atoms with Crippen molar-refractivity contribution in [3.05, 3.63) is 35.4 Å². The molecule has 0 saturated carbocycles. The number of carbonyl (C=O) groups is 1. The first-order chi connectivity index (χ1) is 7.83. The first kappa shape index (κ1) is 13.7. The van der Waals surface area contributed by atoms with Gasteiger partial charge in [-0.05, 0) is 38.8 Å². The van der Waals surface area contributed by atoms with Gasteiger partial charge in [-0.15, -0.1) is 0 Å². The molecule has 0 aliphatic carbocycles. The smallest absolute Gasteiger partial charge is 0.207 e. The highest BCUT2D eigenvalue weighted by molar-refractivity contribution is 5.49. The summed E-state index contributed by atoms with van der Waals surface area (Å²) in [7, 11) is 0. The fraction of sp³-hybridized carbons (Fsp3) is 0.462. The van der Waals surface area contributed by atoms with Crippen LogP contribution >= 0.6 is 0 Å². The van der Waals surface area contributed by atoms with Gasteiger partial charge in [-0.2, -0.15) is 5.48 Å². The molecule has 1 aromatic carbocycles.